The van der Waals surface area contributed by atoms with E-state index in [2.05, 4.69) is 65.8 Å². The zero-order chi connectivity index (χ0) is 46.2. The van der Waals surface area contributed by atoms with Crippen LogP contribution in [0, 0.1) is 5.92 Å². The molecule has 0 radical (unpaired) electrons. The number of nitrogens with one attached hydrogen (secondary N) is 10. The van der Waals surface area contributed by atoms with Crippen molar-refractivity contribution < 1.29 is 63.3 Å². The summed E-state index contributed by atoms with van der Waals surface area (Å²) in [6.45, 7) is 4.20. The quantitative estimate of drug-likeness (QED) is 0.0257. The molecule has 0 aromatic carbocycles. The summed E-state index contributed by atoms with van der Waals surface area (Å²) in [7, 11) is 0. The van der Waals surface area contributed by atoms with Crippen LogP contribution >= 0.6 is 12.6 Å². The lowest BCUT2D eigenvalue weighted by atomic mass is 9.97. The van der Waals surface area contributed by atoms with Crippen molar-refractivity contribution in [3.8, 4) is 0 Å². The van der Waals surface area contributed by atoms with Gasteiger partial charge >= 0.3 is 5.97 Å². The maximum absolute atomic E-state index is 13.7. The molecule has 0 bridgehead atoms. The molecule has 9 atom stereocenters. The van der Waals surface area contributed by atoms with Gasteiger partial charge in [-0.2, -0.15) is 12.6 Å². The van der Waals surface area contributed by atoms with Crippen molar-refractivity contribution in [3.63, 3.8) is 0 Å². The van der Waals surface area contributed by atoms with Crippen LogP contribution in [0.3, 0.4) is 0 Å². The average Bonchev–Trinajstić information content (AvgIpc) is 3.78. The summed E-state index contributed by atoms with van der Waals surface area (Å²) < 4.78 is 0. The number of hydrogen-bond acceptors (Lipinski definition) is 15. The van der Waals surface area contributed by atoms with Gasteiger partial charge < -0.3 is 74.2 Å². The number of nitrogens with two attached hydrogens (primary N) is 1. The normalized spacial score (nSPS) is 17.3. The predicted octanol–water partition coefficient (Wildman–Crippen LogP) is -6.42. The number of carbonyl (C=O) groups excluding carboxylic acids is 9. The molecule has 1 fully saturated rings. The largest absolute Gasteiger partial charge is 0.480 e. The monoisotopic (exact) mass is 889 g/mol. The fraction of sp³-hybridized carbons (Fsp3) is 0.722. The first-order chi connectivity index (χ1) is 28.8. The summed E-state index contributed by atoms with van der Waals surface area (Å²) in [5, 5.41) is 52.8. The Morgan fingerprint density at radius 2 is 1.21 bits per heavy atom. The minimum atomic E-state index is -1.65. The molecule has 9 amide bonds. The van der Waals surface area contributed by atoms with Crippen LogP contribution in [0.4, 0.5) is 0 Å². The number of hydrogen-bond donors (Lipinski definition) is 15. The zero-order valence-corrected chi connectivity index (χ0v) is 35.7. The van der Waals surface area contributed by atoms with Crippen molar-refractivity contribution in [1.29, 1.82) is 0 Å². The molecule has 1 heterocycles. The Morgan fingerprint density at radius 3 is 1.77 bits per heavy atom. The summed E-state index contributed by atoms with van der Waals surface area (Å²) in [5.74, 6) is -9.38. The second-order valence-corrected chi connectivity index (χ2v) is 14.8. The molecule has 1 rings (SSSR count). The number of thiol groups is 1. The second kappa shape index (κ2) is 28.4. The SMILES string of the molecule is CC[C@H](C)[C@H](NC(=O)[C@H](CO)NC(=O)[C@H](C)NC(=O)[C@H](C)NC(=O)CNC(=O)CNC(=O)[C@@H]1CCCN1)C(=O)N[C@@H](CCCCN)C(=O)N[C@@H](CS)C(=O)N[C@@H](CO)C(=O)O. The van der Waals surface area contributed by atoms with E-state index >= 15 is 0 Å². The fourth-order valence-electron chi connectivity index (χ4n) is 5.60. The van der Waals surface area contributed by atoms with Gasteiger partial charge in [-0.1, -0.05) is 20.3 Å². The first-order valence-corrected chi connectivity index (χ1v) is 20.6. The lowest BCUT2D eigenvalue weighted by Crippen LogP contribution is -2.61. The molecular weight excluding hydrogens is 827 g/mol. The highest BCUT2D eigenvalue weighted by Gasteiger charge is 2.34. The maximum Gasteiger partial charge on any atom is 0.328 e. The molecule has 61 heavy (non-hydrogen) atoms. The van der Waals surface area contributed by atoms with Gasteiger partial charge in [0.15, 0.2) is 0 Å². The number of amides is 9. The van der Waals surface area contributed by atoms with E-state index in [-0.39, 0.29) is 37.2 Å². The summed E-state index contributed by atoms with van der Waals surface area (Å²) in [4.78, 5) is 127. The summed E-state index contributed by atoms with van der Waals surface area (Å²) in [6, 6.07) is -10.1. The van der Waals surface area contributed by atoms with Gasteiger partial charge in [-0.25, -0.2) is 4.79 Å². The first-order valence-electron chi connectivity index (χ1n) is 20.0. The third-order valence-electron chi connectivity index (χ3n) is 9.57. The van der Waals surface area contributed by atoms with Crippen LogP contribution in [0.25, 0.3) is 0 Å². The van der Waals surface area contributed by atoms with Crippen LogP contribution in [0.15, 0.2) is 0 Å². The standard InChI is InChI=1S/C36H63N11O13S/c1-5-18(2)28(35(58)43-22(9-6-7-11-37)32(55)46-25(17-61)34(57)45-24(16-49)36(59)60)47-33(56)23(15-48)44-30(53)20(4)42-29(52)19(3)41-27(51)14-39-26(50)13-40-31(54)21-10-8-12-38-21/h18-25,28,38,48-49,61H,5-17,37H2,1-4H3,(H,39,50)(H,40,54)(H,41,51)(H,42,52)(H,43,58)(H,44,53)(H,45,57)(H,46,55)(H,47,56)(H,59,60)/t18-,19-,20-,21-,22-,23-,24-,25-,28-/m0/s1. The average molecular weight is 890 g/mol. The van der Waals surface area contributed by atoms with Crippen LogP contribution in [-0.4, -0.2) is 168 Å². The van der Waals surface area contributed by atoms with Gasteiger partial charge in [0.1, 0.15) is 42.3 Å². The number of aliphatic hydroxyl groups excluding tert-OH is 2. The van der Waals surface area contributed by atoms with Gasteiger partial charge in [0.25, 0.3) is 0 Å². The third-order valence-corrected chi connectivity index (χ3v) is 9.94. The van der Waals surface area contributed by atoms with Crippen molar-refractivity contribution in [2.75, 3.05) is 45.1 Å². The molecule has 0 saturated carbocycles. The molecule has 24 nitrogen and oxygen atoms in total. The Labute approximate surface area is 358 Å². The number of carbonyl (C=O) groups is 10. The van der Waals surface area contributed by atoms with E-state index < -0.39 is 121 Å². The van der Waals surface area contributed by atoms with Gasteiger partial charge in [-0.3, -0.25) is 43.2 Å². The van der Waals surface area contributed by atoms with Gasteiger partial charge in [-0.05, 0) is 65.0 Å². The molecule has 0 aromatic rings. The van der Waals surface area contributed by atoms with Gasteiger partial charge in [-0.15, -0.1) is 0 Å². The van der Waals surface area contributed by atoms with E-state index in [1.807, 2.05) is 0 Å². The second-order valence-electron chi connectivity index (χ2n) is 14.4. The van der Waals surface area contributed by atoms with Crippen molar-refractivity contribution >= 4 is 71.8 Å². The van der Waals surface area contributed by atoms with Crippen molar-refractivity contribution in [3.05, 3.63) is 0 Å². The Bertz CT molecular complexity index is 1540. The molecule has 1 aliphatic rings. The van der Waals surface area contributed by atoms with E-state index in [9.17, 15) is 58.2 Å². The number of aliphatic hydroxyl groups is 2. The molecule has 1 saturated heterocycles. The fourth-order valence-corrected chi connectivity index (χ4v) is 5.85. The lowest BCUT2D eigenvalue weighted by molar-refractivity contribution is -0.143. The lowest BCUT2D eigenvalue weighted by Gasteiger charge is -2.29. The molecule has 25 heteroatoms. The highest BCUT2D eigenvalue weighted by molar-refractivity contribution is 7.80. The number of aliphatic carboxylic acids is 1. The molecule has 0 unspecified atom stereocenters. The van der Waals surface area contributed by atoms with E-state index in [0.717, 1.165) is 6.42 Å². The Hall–Kier alpha value is -5.11. The summed E-state index contributed by atoms with van der Waals surface area (Å²) in [6.07, 6.45) is 2.69. The Morgan fingerprint density at radius 1 is 0.672 bits per heavy atom. The maximum atomic E-state index is 13.7. The summed E-state index contributed by atoms with van der Waals surface area (Å²) >= 11 is 4.06. The van der Waals surface area contributed by atoms with Crippen LogP contribution in [0.1, 0.15) is 66.2 Å². The van der Waals surface area contributed by atoms with E-state index in [1.165, 1.54) is 13.8 Å². The predicted molar refractivity (Wildman–Crippen MR) is 220 cm³/mol. The van der Waals surface area contributed by atoms with Crippen LogP contribution in [0.2, 0.25) is 0 Å². The molecule has 0 aliphatic carbocycles. The van der Waals surface area contributed by atoms with Gasteiger partial charge in [0, 0.05) is 5.75 Å². The zero-order valence-electron chi connectivity index (χ0n) is 34.8. The number of unbranched alkanes of at least 4 members (excludes halogenated alkanes) is 1. The third kappa shape index (κ3) is 19.4. The Balaban J connectivity index is 2.86. The molecular formula is C36H63N11O13S. The minimum absolute atomic E-state index is 0.0441. The van der Waals surface area contributed by atoms with E-state index in [0.29, 0.717) is 32.2 Å². The highest BCUT2D eigenvalue weighted by atomic mass is 32.1. The van der Waals surface area contributed by atoms with Crippen molar-refractivity contribution in [2.24, 2.45) is 11.7 Å². The van der Waals surface area contributed by atoms with Crippen molar-refractivity contribution in [2.45, 2.75) is 115 Å². The number of carboxylic acids is 1. The van der Waals surface area contributed by atoms with Crippen LogP contribution in [-0.2, 0) is 47.9 Å². The van der Waals surface area contributed by atoms with Gasteiger partial charge in [0.05, 0.1) is 32.3 Å². The molecule has 0 aromatic heterocycles. The first kappa shape index (κ1) is 53.9. The highest BCUT2D eigenvalue weighted by Crippen LogP contribution is 2.11. The Kier molecular flexibility index (Phi) is 25.1. The smallest absolute Gasteiger partial charge is 0.328 e. The topological polar surface area (TPSA) is 378 Å². The van der Waals surface area contributed by atoms with E-state index in [1.54, 1.807) is 13.8 Å². The molecule has 346 valence electrons. The molecule has 0 spiro atoms. The summed E-state index contributed by atoms with van der Waals surface area (Å²) in [5.41, 5.74) is 5.60. The van der Waals surface area contributed by atoms with E-state index in [4.69, 9.17) is 10.8 Å². The van der Waals surface area contributed by atoms with Crippen LogP contribution < -0.4 is 58.9 Å². The van der Waals surface area contributed by atoms with Crippen LogP contribution in [0.5, 0.6) is 0 Å². The number of carboxylic acid groups (broad SMARTS) is 1. The molecule has 1 aliphatic heterocycles. The van der Waals surface area contributed by atoms with Gasteiger partial charge in [0.2, 0.25) is 53.2 Å². The number of rotatable bonds is 28. The van der Waals surface area contributed by atoms with Crippen molar-refractivity contribution in [1.82, 2.24) is 53.2 Å². The minimum Gasteiger partial charge on any atom is -0.480 e. The molecule has 15 N–H and O–H groups in total.